The molecule has 2 aliphatic heterocycles. The van der Waals surface area contributed by atoms with Gasteiger partial charge in [-0.05, 0) is 36.1 Å². The van der Waals surface area contributed by atoms with E-state index in [0.717, 1.165) is 36.8 Å². The van der Waals surface area contributed by atoms with Gasteiger partial charge in [0.2, 0.25) is 0 Å². The Kier molecular flexibility index (Phi) is 3.96. The van der Waals surface area contributed by atoms with Crippen LogP contribution in [-0.2, 0) is 13.1 Å². The van der Waals surface area contributed by atoms with Gasteiger partial charge in [0.1, 0.15) is 0 Å². The largest absolute Gasteiger partial charge is 0.312 e. The lowest BCUT2D eigenvalue weighted by molar-refractivity contribution is 0.114. The number of fused-ring (bicyclic) bond motifs is 4. The Morgan fingerprint density at radius 3 is 2.78 bits per heavy atom. The summed E-state index contributed by atoms with van der Waals surface area (Å²) in [6.45, 7) is 3.64. The third-order valence-corrected chi connectivity index (χ3v) is 5.55. The molecule has 4 rings (SSSR count). The Labute approximate surface area is 145 Å². The van der Waals surface area contributed by atoms with E-state index in [0.29, 0.717) is 16.9 Å². The van der Waals surface area contributed by atoms with Crippen molar-refractivity contribution < 1.29 is 0 Å². The third kappa shape index (κ3) is 2.93. The summed E-state index contributed by atoms with van der Waals surface area (Å²) in [5.41, 5.74) is 2.42. The zero-order valence-corrected chi connectivity index (χ0v) is 14.2. The Hall–Kier alpha value is -1.29. The second kappa shape index (κ2) is 5.97. The van der Waals surface area contributed by atoms with Gasteiger partial charge in [0.15, 0.2) is 0 Å². The molecule has 1 aromatic carbocycles. The predicted octanol–water partition coefficient (Wildman–Crippen LogP) is 3.77. The standard InChI is InChI=1S/C18H18Cl2N2O/c19-15-5-4-13(16(20)7-15)10-21-8-12-6-14(11-21)17-2-1-3-18(23)22(17)9-12/h1-5,7,12,14H,6,8-11H2/t12-,14-/m1/s1. The van der Waals surface area contributed by atoms with E-state index >= 15 is 0 Å². The molecule has 0 unspecified atom stereocenters. The molecule has 0 spiro atoms. The molecule has 0 aliphatic carbocycles. The molecule has 2 aliphatic rings. The number of likely N-dealkylation sites (tertiary alicyclic amines) is 1. The SMILES string of the molecule is O=c1cccc2n1C[C@@H]1C[C@@H]2CN(Cc2ccc(Cl)cc2Cl)C1. The first-order valence-corrected chi connectivity index (χ1v) is 8.72. The molecule has 0 saturated carbocycles. The molecule has 5 heteroatoms. The molecule has 3 nitrogen and oxygen atoms in total. The zero-order valence-electron chi connectivity index (χ0n) is 12.7. The highest BCUT2D eigenvalue weighted by Crippen LogP contribution is 2.36. The average molecular weight is 349 g/mol. The van der Waals surface area contributed by atoms with Gasteiger partial charge in [-0.25, -0.2) is 0 Å². The highest BCUT2D eigenvalue weighted by atomic mass is 35.5. The van der Waals surface area contributed by atoms with Crippen LogP contribution in [0, 0.1) is 5.92 Å². The number of benzene rings is 1. The van der Waals surface area contributed by atoms with E-state index in [2.05, 4.69) is 11.0 Å². The van der Waals surface area contributed by atoms with Crippen LogP contribution in [0.4, 0.5) is 0 Å². The smallest absolute Gasteiger partial charge is 0.250 e. The maximum absolute atomic E-state index is 12.1. The number of piperidine rings is 1. The molecule has 0 amide bonds. The van der Waals surface area contributed by atoms with E-state index in [1.807, 2.05) is 22.8 Å². The number of hydrogen-bond donors (Lipinski definition) is 0. The van der Waals surface area contributed by atoms with Gasteiger partial charge >= 0.3 is 0 Å². The van der Waals surface area contributed by atoms with E-state index < -0.39 is 0 Å². The normalized spacial score (nSPS) is 23.6. The Morgan fingerprint density at radius 1 is 1.09 bits per heavy atom. The van der Waals surface area contributed by atoms with Gasteiger partial charge in [0, 0.05) is 53.9 Å². The highest BCUT2D eigenvalue weighted by molar-refractivity contribution is 6.35. The van der Waals surface area contributed by atoms with E-state index in [4.69, 9.17) is 23.2 Å². The summed E-state index contributed by atoms with van der Waals surface area (Å²) in [4.78, 5) is 14.5. The molecule has 0 N–H and O–H groups in total. The van der Waals surface area contributed by atoms with Crippen LogP contribution in [-0.4, -0.2) is 22.6 Å². The predicted molar refractivity (Wildman–Crippen MR) is 93.3 cm³/mol. The van der Waals surface area contributed by atoms with Gasteiger partial charge in [-0.15, -0.1) is 0 Å². The molecular formula is C18H18Cl2N2O. The van der Waals surface area contributed by atoms with Crippen molar-refractivity contribution in [2.24, 2.45) is 5.92 Å². The van der Waals surface area contributed by atoms with Crippen molar-refractivity contribution in [1.82, 2.24) is 9.47 Å². The minimum atomic E-state index is 0.131. The van der Waals surface area contributed by atoms with Crippen LogP contribution in [0.5, 0.6) is 0 Å². The number of rotatable bonds is 2. The van der Waals surface area contributed by atoms with Crippen LogP contribution >= 0.6 is 23.2 Å². The molecule has 3 heterocycles. The van der Waals surface area contributed by atoms with Gasteiger partial charge < -0.3 is 4.57 Å². The Balaban J connectivity index is 1.57. The first-order chi connectivity index (χ1) is 11.1. The summed E-state index contributed by atoms with van der Waals surface area (Å²) in [5.74, 6) is 0.968. The van der Waals surface area contributed by atoms with E-state index in [1.165, 1.54) is 12.1 Å². The van der Waals surface area contributed by atoms with E-state index in [1.54, 1.807) is 12.1 Å². The fraction of sp³-hybridized carbons (Fsp3) is 0.389. The van der Waals surface area contributed by atoms with Crippen LogP contribution in [0.1, 0.15) is 23.6 Å². The first kappa shape index (κ1) is 15.3. The molecule has 1 saturated heterocycles. The number of nitrogens with zero attached hydrogens (tertiary/aromatic N) is 2. The Bertz CT molecular complexity index is 802. The first-order valence-electron chi connectivity index (χ1n) is 7.96. The van der Waals surface area contributed by atoms with E-state index in [-0.39, 0.29) is 5.56 Å². The number of aromatic nitrogens is 1. The summed E-state index contributed by atoms with van der Waals surface area (Å²) in [5, 5.41) is 1.40. The molecule has 0 radical (unpaired) electrons. The topological polar surface area (TPSA) is 25.2 Å². The summed E-state index contributed by atoms with van der Waals surface area (Å²) in [6.07, 6.45) is 1.17. The summed E-state index contributed by atoms with van der Waals surface area (Å²) < 4.78 is 1.96. The van der Waals surface area contributed by atoms with Crippen LogP contribution in [0.25, 0.3) is 0 Å². The minimum absolute atomic E-state index is 0.131. The molecule has 23 heavy (non-hydrogen) atoms. The van der Waals surface area contributed by atoms with Crippen LogP contribution in [0.15, 0.2) is 41.2 Å². The van der Waals surface area contributed by atoms with Gasteiger partial charge in [-0.1, -0.05) is 35.3 Å². The molecule has 120 valence electrons. The minimum Gasteiger partial charge on any atom is -0.312 e. The van der Waals surface area contributed by atoms with E-state index in [9.17, 15) is 4.79 Å². The third-order valence-electron chi connectivity index (χ3n) is 4.96. The lowest BCUT2D eigenvalue weighted by Gasteiger charge is -2.42. The molecule has 2 aromatic rings. The van der Waals surface area contributed by atoms with Crippen molar-refractivity contribution in [1.29, 1.82) is 0 Å². The van der Waals surface area contributed by atoms with Crippen molar-refractivity contribution in [2.45, 2.75) is 25.4 Å². The molecule has 1 aromatic heterocycles. The van der Waals surface area contributed by atoms with Gasteiger partial charge in [0.25, 0.3) is 5.56 Å². The van der Waals surface area contributed by atoms with Gasteiger partial charge in [-0.2, -0.15) is 0 Å². The fourth-order valence-electron chi connectivity index (χ4n) is 4.02. The van der Waals surface area contributed by atoms with Crippen LogP contribution in [0.3, 0.4) is 0 Å². The second-order valence-electron chi connectivity index (χ2n) is 6.63. The fourth-order valence-corrected chi connectivity index (χ4v) is 4.48. The summed E-state index contributed by atoms with van der Waals surface area (Å²) in [6, 6.07) is 11.3. The monoisotopic (exact) mass is 348 g/mol. The zero-order chi connectivity index (χ0) is 16.0. The maximum Gasteiger partial charge on any atom is 0.250 e. The van der Waals surface area contributed by atoms with Crippen molar-refractivity contribution in [2.75, 3.05) is 13.1 Å². The number of halogens is 2. The van der Waals surface area contributed by atoms with Gasteiger partial charge in [0.05, 0.1) is 0 Å². The molecular weight excluding hydrogens is 331 g/mol. The maximum atomic E-state index is 12.1. The molecule has 2 bridgehead atoms. The van der Waals surface area contributed by atoms with Crippen molar-refractivity contribution in [3.05, 3.63) is 68.1 Å². The van der Waals surface area contributed by atoms with Crippen molar-refractivity contribution in [3.63, 3.8) is 0 Å². The van der Waals surface area contributed by atoms with Crippen molar-refractivity contribution in [3.8, 4) is 0 Å². The lowest BCUT2D eigenvalue weighted by atomic mass is 9.83. The van der Waals surface area contributed by atoms with Crippen molar-refractivity contribution >= 4 is 23.2 Å². The Morgan fingerprint density at radius 2 is 1.96 bits per heavy atom. The lowest BCUT2D eigenvalue weighted by Crippen LogP contribution is -2.46. The quantitative estimate of drug-likeness (QED) is 0.825. The number of hydrogen-bond acceptors (Lipinski definition) is 2. The van der Waals surface area contributed by atoms with Crippen LogP contribution in [0.2, 0.25) is 10.0 Å². The molecule has 2 atom stereocenters. The second-order valence-corrected chi connectivity index (χ2v) is 7.47. The number of pyridine rings is 1. The molecule has 1 fully saturated rings. The van der Waals surface area contributed by atoms with Gasteiger partial charge in [-0.3, -0.25) is 9.69 Å². The average Bonchev–Trinajstić information content (AvgIpc) is 2.51. The summed E-state index contributed by atoms with van der Waals surface area (Å²) >= 11 is 12.3. The summed E-state index contributed by atoms with van der Waals surface area (Å²) in [7, 11) is 0. The highest BCUT2D eigenvalue weighted by Gasteiger charge is 2.34. The van der Waals surface area contributed by atoms with Crippen LogP contribution < -0.4 is 5.56 Å².